The van der Waals surface area contributed by atoms with Crippen molar-refractivity contribution in [2.75, 3.05) is 13.2 Å². The molecule has 0 aromatic heterocycles. The molecule has 0 atom stereocenters. The molecular formula is C19H18O2. The third-order valence-corrected chi connectivity index (χ3v) is 3.76. The number of rotatable bonds is 4. The minimum Gasteiger partial charge on any atom is -0.392 e. The first-order chi connectivity index (χ1) is 10.3. The molecule has 21 heavy (non-hydrogen) atoms. The van der Waals surface area contributed by atoms with Crippen molar-refractivity contribution in [1.29, 1.82) is 0 Å². The first-order valence-corrected chi connectivity index (χ1v) is 7.13. The second-order valence-electron chi connectivity index (χ2n) is 5.18. The van der Waals surface area contributed by atoms with Crippen molar-refractivity contribution in [1.82, 2.24) is 0 Å². The Morgan fingerprint density at radius 1 is 0.762 bits per heavy atom. The van der Waals surface area contributed by atoms with Crippen LogP contribution in [0.3, 0.4) is 0 Å². The fraction of sp³-hybridized carbons (Fsp3) is 0.158. The van der Waals surface area contributed by atoms with Gasteiger partial charge in [-0.2, -0.15) is 0 Å². The first-order valence-electron chi connectivity index (χ1n) is 7.13. The van der Waals surface area contributed by atoms with Crippen molar-refractivity contribution in [3.63, 3.8) is 0 Å². The molecule has 2 N–H and O–H groups in total. The second-order valence-corrected chi connectivity index (χ2v) is 5.18. The van der Waals surface area contributed by atoms with E-state index in [0.717, 1.165) is 17.5 Å². The molecule has 2 aromatic carbocycles. The summed E-state index contributed by atoms with van der Waals surface area (Å²) >= 11 is 0. The Balaban J connectivity index is 1.93. The molecule has 0 heterocycles. The minimum absolute atomic E-state index is 0.0673. The number of hydrogen-bond donors (Lipinski definition) is 2. The van der Waals surface area contributed by atoms with E-state index in [4.69, 9.17) is 10.2 Å². The molecule has 2 nitrogen and oxygen atoms in total. The Bertz CT molecular complexity index is 650. The van der Waals surface area contributed by atoms with Crippen molar-refractivity contribution in [3.05, 3.63) is 70.8 Å². The molecule has 0 amide bonds. The molecule has 2 aromatic rings. The van der Waals surface area contributed by atoms with Gasteiger partial charge in [0.25, 0.3) is 0 Å². The number of aliphatic hydroxyl groups is 2. The van der Waals surface area contributed by atoms with Gasteiger partial charge in [-0.3, -0.25) is 0 Å². The fourth-order valence-corrected chi connectivity index (χ4v) is 2.84. The van der Waals surface area contributed by atoms with Crippen molar-refractivity contribution in [3.8, 4) is 11.1 Å². The lowest BCUT2D eigenvalue weighted by Crippen LogP contribution is -1.83. The first kappa shape index (κ1) is 13.8. The molecule has 0 spiro atoms. The average Bonchev–Trinajstić information content (AvgIpc) is 2.87. The highest BCUT2D eigenvalue weighted by Gasteiger charge is 2.18. The van der Waals surface area contributed by atoms with E-state index >= 15 is 0 Å². The molecule has 0 saturated carbocycles. The summed E-state index contributed by atoms with van der Waals surface area (Å²) in [5.74, 6) is 0. The monoisotopic (exact) mass is 278 g/mol. The molecule has 2 heteroatoms. The van der Waals surface area contributed by atoms with Gasteiger partial charge >= 0.3 is 0 Å². The molecule has 0 bridgehead atoms. The van der Waals surface area contributed by atoms with Crippen LogP contribution in [-0.2, 0) is 6.42 Å². The lowest BCUT2D eigenvalue weighted by molar-refractivity contribution is 0.343. The van der Waals surface area contributed by atoms with Gasteiger partial charge in [-0.1, -0.05) is 60.7 Å². The van der Waals surface area contributed by atoms with E-state index in [-0.39, 0.29) is 13.2 Å². The van der Waals surface area contributed by atoms with Gasteiger partial charge in [0, 0.05) is 0 Å². The van der Waals surface area contributed by atoms with Crippen LogP contribution in [0.4, 0.5) is 0 Å². The van der Waals surface area contributed by atoms with Crippen LogP contribution >= 0.6 is 0 Å². The van der Waals surface area contributed by atoms with E-state index in [1.807, 2.05) is 12.2 Å². The molecule has 0 fully saturated rings. The quantitative estimate of drug-likeness (QED) is 0.769. The molecule has 0 unspecified atom stereocenters. The third kappa shape index (κ3) is 2.82. The average molecular weight is 278 g/mol. The summed E-state index contributed by atoms with van der Waals surface area (Å²) in [6, 6.07) is 12.8. The van der Waals surface area contributed by atoms with Crippen LogP contribution in [0.15, 0.2) is 48.6 Å². The Morgan fingerprint density at radius 3 is 1.67 bits per heavy atom. The highest BCUT2D eigenvalue weighted by Crippen LogP contribution is 2.37. The lowest BCUT2D eigenvalue weighted by atomic mass is 10.0. The predicted molar refractivity (Wildman–Crippen MR) is 86.9 cm³/mol. The number of fused-ring (bicyclic) bond motifs is 3. The summed E-state index contributed by atoms with van der Waals surface area (Å²) in [5, 5.41) is 17.7. The Morgan fingerprint density at radius 2 is 1.24 bits per heavy atom. The maximum atomic E-state index is 8.85. The van der Waals surface area contributed by atoms with Gasteiger partial charge < -0.3 is 10.2 Å². The largest absolute Gasteiger partial charge is 0.392 e. The van der Waals surface area contributed by atoms with Gasteiger partial charge in [0.05, 0.1) is 13.2 Å². The van der Waals surface area contributed by atoms with Crippen LogP contribution in [0.25, 0.3) is 23.3 Å². The summed E-state index contributed by atoms with van der Waals surface area (Å²) < 4.78 is 0. The molecule has 3 rings (SSSR count). The maximum Gasteiger partial charge on any atom is 0.0615 e. The van der Waals surface area contributed by atoms with Gasteiger partial charge in [-0.05, 0) is 39.8 Å². The van der Waals surface area contributed by atoms with E-state index < -0.39 is 0 Å². The van der Waals surface area contributed by atoms with E-state index in [2.05, 4.69) is 36.4 Å². The van der Waals surface area contributed by atoms with Gasteiger partial charge in [0.1, 0.15) is 0 Å². The van der Waals surface area contributed by atoms with Crippen LogP contribution in [0.1, 0.15) is 22.3 Å². The van der Waals surface area contributed by atoms with Crippen molar-refractivity contribution < 1.29 is 10.2 Å². The van der Waals surface area contributed by atoms with Crippen LogP contribution < -0.4 is 0 Å². The van der Waals surface area contributed by atoms with E-state index in [9.17, 15) is 0 Å². The molecule has 0 aliphatic heterocycles. The smallest absolute Gasteiger partial charge is 0.0615 e. The zero-order valence-corrected chi connectivity index (χ0v) is 11.8. The zero-order chi connectivity index (χ0) is 14.7. The van der Waals surface area contributed by atoms with Gasteiger partial charge in [-0.25, -0.2) is 0 Å². The second kappa shape index (κ2) is 6.08. The zero-order valence-electron chi connectivity index (χ0n) is 11.8. The van der Waals surface area contributed by atoms with Gasteiger partial charge in [0.15, 0.2) is 0 Å². The summed E-state index contributed by atoms with van der Waals surface area (Å²) in [7, 11) is 0. The van der Waals surface area contributed by atoms with E-state index in [1.54, 1.807) is 12.2 Å². The molecule has 106 valence electrons. The minimum atomic E-state index is 0.0673. The highest BCUT2D eigenvalue weighted by molar-refractivity contribution is 5.79. The van der Waals surface area contributed by atoms with Crippen LogP contribution in [-0.4, -0.2) is 23.4 Å². The number of benzene rings is 2. The number of hydrogen-bond acceptors (Lipinski definition) is 2. The van der Waals surface area contributed by atoms with Crippen LogP contribution in [0.2, 0.25) is 0 Å². The number of aliphatic hydroxyl groups excluding tert-OH is 2. The standard InChI is InChI=1S/C19H18O2/c20-9-1-3-14-5-7-18-16(11-14)13-17-12-15(4-2-10-21)6-8-19(17)18/h1-8,11-12,20-21H,9-10,13H2/b3-1+,4-2+. The lowest BCUT2D eigenvalue weighted by Gasteiger charge is -2.03. The SMILES string of the molecule is OC/C=C/c1ccc2c(c1)Cc1cc(/C=C/CO)ccc1-2. The molecule has 0 radical (unpaired) electrons. The Labute approximate surface area is 124 Å². The topological polar surface area (TPSA) is 40.5 Å². The molecule has 0 saturated heterocycles. The predicted octanol–water partition coefficient (Wildman–Crippen LogP) is 3.27. The maximum absolute atomic E-state index is 8.85. The van der Waals surface area contributed by atoms with E-state index in [0.29, 0.717) is 0 Å². The normalized spacial score (nSPS) is 13.0. The summed E-state index contributed by atoms with van der Waals surface area (Å²) in [4.78, 5) is 0. The van der Waals surface area contributed by atoms with Gasteiger partial charge in [0.2, 0.25) is 0 Å². The summed E-state index contributed by atoms with van der Waals surface area (Å²) in [6.07, 6.45) is 8.33. The summed E-state index contributed by atoms with van der Waals surface area (Å²) in [5.41, 5.74) is 7.49. The Kier molecular flexibility index (Phi) is 4.00. The fourth-order valence-electron chi connectivity index (χ4n) is 2.84. The molecule has 1 aliphatic rings. The van der Waals surface area contributed by atoms with E-state index in [1.165, 1.54) is 22.3 Å². The van der Waals surface area contributed by atoms with Gasteiger partial charge in [-0.15, -0.1) is 0 Å². The van der Waals surface area contributed by atoms with Crippen molar-refractivity contribution in [2.24, 2.45) is 0 Å². The Hall–Kier alpha value is -2.16. The highest BCUT2D eigenvalue weighted by atomic mass is 16.3. The third-order valence-electron chi connectivity index (χ3n) is 3.76. The van der Waals surface area contributed by atoms with Crippen LogP contribution in [0.5, 0.6) is 0 Å². The van der Waals surface area contributed by atoms with Crippen molar-refractivity contribution in [2.45, 2.75) is 6.42 Å². The molecular weight excluding hydrogens is 260 g/mol. The van der Waals surface area contributed by atoms with Crippen molar-refractivity contribution >= 4 is 12.2 Å². The van der Waals surface area contributed by atoms with Crippen LogP contribution in [0, 0.1) is 0 Å². The molecule has 1 aliphatic carbocycles. The summed E-state index contributed by atoms with van der Waals surface area (Å²) in [6.45, 7) is 0.135.